The van der Waals surface area contributed by atoms with Crippen molar-refractivity contribution in [2.45, 2.75) is 24.4 Å². The molecule has 0 aliphatic heterocycles. The lowest BCUT2D eigenvalue weighted by Gasteiger charge is -2.13. The molecule has 0 radical (unpaired) electrons. The van der Waals surface area contributed by atoms with Gasteiger partial charge in [0.2, 0.25) is 5.91 Å². The van der Waals surface area contributed by atoms with Crippen molar-refractivity contribution in [3.05, 3.63) is 70.5 Å². The van der Waals surface area contributed by atoms with E-state index in [-0.39, 0.29) is 23.7 Å². The van der Waals surface area contributed by atoms with Gasteiger partial charge in [0.15, 0.2) is 0 Å². The minimum atomic E-state index is -0.777. The van der Waals surface area contributed by atoms with E-state index in [2.05, 4.69) is 5.32 Å². The summed E-state index contributed by atoms with van der Waals surface area (Å²) in [6, 6.07) is 12.7. The van der Waals surface area contributed by atoms with Gasteiger partial charge in [-0.15, -0.1) is 0 Å². The van der Waals surface area contributed by atoms with E-state index in [4.69, 9.17) is 17.3 Å². The third-order valence-corrected chi connectivity index (χ3v) is 4.15. The van der Waals surface area contributed by atoms with Crippen LogP contribution in [-0.2, 0) is 4.79 Å². The molecule has 0 aromatic heterocycles. The Hall–Kier alpha value is -1.91. The monoisotopic (exact) mass is 318 g/mol. The summed E-state index contributed by atoms with van der Waals surface area (Å²) in [7, 11) is 0. The van der Waals surface area contributed by atoms with E-state index in [1.165, 1.54) is 6.07 Å². The first-order valence-corrected chi connectivity index (χ1v) is 7.50. The van der Waals surface area contributed by atoms with Crippen LogP contribution in [0.5, 0.6) is 0 Å². The molecule has 3 nitrogen and oxygen atoms in total. The predicted octanol–water partition coefficient (Wildman–Crippen LogP) is 3.15. The van der Waals surface area contributed by atoms with Crippen LogP contribution in [0.15, 0.2) is 48.5 Å². The highest BCUT2D eigenvalue weighted by molar-refractivity contribution is 6.30. The highest BCUT2D eigenvalue weighted by Crippen LogP contribution is 2.42. The van der Waals surface area contributed by atoms with Gasteiger partial charge in [0.1, 0.15) is 11.9 Å². The second-order valence-electron chi connectivity index (χ2n) is 5.51. The minimum Gasteiger partial charge on any atom is -0.351 e. The van der Waals surface area contributed by atoms with Crippen molar-refractivity contribution in [1.29, 1.82) is 0 Å². The molecule has 3 atom stereocenters. The molecule has 2 aromatic rings. The minimum absolute atomic E-state index is 0.0247. The third kappa shape index (κ3) is 3.13. The number of hydrogen-bond donors (Lipinski definition) is 2. The van der Waals surface area contributed by atoms with E-state index in [1.807, 2.05) is 0 Å². The Bertz CT molecular complexity index is 707. The molecule has 1 fully saturated rings. The summed E-state index contributed by atoms with van der Waals surface area (Å²) in [5.74, 6) is -0.480. The number of halogens is 2. The van der Waals surface area contributed by atoms with Gasteiger partial charge in [0.05, 0.1) is 0 Å². The zero-order valence-corrected chi connectivity index (χ0v) is 12.6. The molecule has 0 spiro atoms. The molecule has 22 heavy (non-hydrogen) atoms. The summed E-state index contributed by atoms with van der Waals surface area (Å²) < 4.78 is 13.7. The Labute approximate surface area is 133 Å². The van der Waals surface area contributed by atoms with E-state index >= 15 is 0 Å². The second kappa shape index (κ2) is 6.07. The van der Waals surface area contributed by atoms with Gasteiger partial charge < -0.3 is 11.1 Å². The van der Waals surface area contributed by atoms with Crippen LogP contribution >= 0.6 is 11.6 Å². The van der Waals surface area contributed by atoms with Crippen LogP contribution in [0.4, 0.5) is 4.39 Å². The highest BCUT2D eigenvalue weighted by Gasteiger charge is 2.41. The Morgan fingerprint density at radius 1 is 1.27 bits per heavy atom. The first-order valence-electron chi connectivity index (χ1n) is 7.12. The van der Waals surface area contributed by atoms with Crippen molar-refractivity contribution < 1.29 is 9.18 Å². The largest absolute Gasteiger partial charge is 0.351 e. The van der Waals surface area contributed by atoms with Crippen molar-refractivity contribution in [2.24, 2.45) is 5.73 Å². The maximum absolute atomic E-state index is 13.7. The number of nitrogens with one attached hydrogen (secondary N) is 1. The van der Waals surface area contributed by atoms with E-state index in [0.29, 0.717) is 16.1 Å². The van der Waals surface area contributed by atoms with E-state index in [1.54, 1.807) is 42.5 Å². The van der Waals surface area contributed by atoms with Crippen LogP contribution in [0.25, 0.3) is 0 Å². The van der Waals surface area contributed by atoms with Crippen LogP contribution in [-0.4, -0.2) is 11.9 Å². The van der Waals surface area contributed by atoms with Crippen molar-refractivity contribution in [1.82, 2.24) is 5.32 Å². The molecule has 0 bridgehead atoms. The van der Waals surface area contributed by atoms with Crippen LogP contribution < -0.4 is 11.1 Å². The summed E-state index contributed by atoms with van der Waals surface area (Å²) in [6.07, 6.45) is 0.731. The summed E-state index contributed by atoms with van der Waals surface area (Å²) in [5.41, 5.74) is 7.26. The zero-order chi connectivity index (χ0) is 15.7. The first-order chi connectivity index (χ1) is 10.6. The predicted molar refractivity (Wildman–Crippen MR) is 84.1 cm³/mol. The molecular formula is C17H16ClFN2O. The van der Waals surface area contributed by atoms with Gasteiger partial charge in [-0.05, 0) is 35.7 Å². The van der Waals surface area contributed by atoms with Crippen LogP contribution in [0.2, 0.25) is 5.02 Å². The molecule has 1 aliphatic carbocycles. The lowest BCUT2D eigenvalue weighted by Crippen LogP contribution is -2.36. The van der Waals surface area contributed by atoms with Gasteiger partial charge in [-0.1, -0.05) is 41.9 Å². The molecule has 3 rings (SSSR count). The summed E-state index contributed by atoms with van der Waals surface area (Å²) >= 11 is 5.90. The summed E-state index contributed by atoms with van der Waals surface area (Å²) in [6.45, 7) is 0. The molecule has 2 aromatic carbocycles. The smallest absolute Gasteiger partial charge is 0.241 e. The quantitative estimate of drug-likeness (QED) is 0.910. The molecular weight excluding hydrogens is 303 g/mol. The highest BCUT2D eigenvalue weighted by atomic mass is 35.5. The maximum atomic E-state index is 13.7. The van der Waals surface area contributed by atoms with Gasteiger partial charge in [-0.3, -0.25) is 4.79 Å². The normalized spacial score (nSPS) is 21.2. The number of benzene rings is 2. The van der Waals surface area contributed by atoms with Crippen LogP contribution in [0.1, 0.15) is 29.5 Å². The van der Waals surface area contributed by atoms with Gasteiger partial charge in [-0.2, -0.15) is 0 Å². The maximum Gasteiger partial charge on any atom is 0.241 e. The standard InChI is InChI=1S/C17H16ClFN2O/c18-11-5-3-4-10(8-11)16(20)17(22)21-15-9-13(15)12-6-1-2-7-14(12)19/h1-8,13,15-16H,9,20H2,(H,21,22)/t13-,15+,16-/m0/s1. The number of hydrogen-bond acceptors (Lipinski definition) is 2. The Morgan fingerprint density at radius 2 is 2.05 bits per heavy atom. The molecule has 1 saturated carbocycles. The van der Waals surface area contributed by atoms with E-state index in [0.717, 1.165) is 6.42 Å². The third-order valence-electron chi connectivity index (χ3n) is 3.91. The number of nitrogens with two attached hydrogens (primary N) is 1. The fraction of sp³-hybridized carbons (Fsp3) is 0.235. The van der Waals surface area contributed by atoms with Crippen LogP contribution in [0.3, 0.4) is 0 Å². The SMILES string of the molecule is N[C@H](C(=O)N[C@@H]1C[C@H]1c1ccccc1F)c1cccc(Cl)c1. The molecule has 1 amide bonds. The molecule has 0 unspecified atom stereocenters. The lowest BCUT2D eigenvalue weighted by molar-refractivity contribution is -0.122. The average molecular weight is 319 g/mol. The Balaban J connectivity index is 1.63. The average Bonchev–Trinajstić information content (AvgIpc) is 3.25. The molecule has 114 valence electrons. The molecule has 5 heteroatoms. The number of carbonyl (C=O) groups excluding carboxylic acids is 1. The van der Waals surface area contributed by atoms with Crippen molar-refractivity contribution >= 4 is 17.5 Å². The van der Waals surface area contributed by atoms with Crippen LogP contribution in [0, 0.1) is 5.82 Å². The molecule has 0 heterocycles. The van der Waals surface area contributed by atoms with E-state index in [9.17, 15) is 9.18 Å². The second-order valence-corrected chi connectivity index (χ2v) is 5.95. The van der Waals surface area contributed by atoms with Gasteiger partial charge in [0.25, 0.3) is 0 Å². The molecule has 3 N–H and O–H groups in total. The lowest BCUT2D eigenvalue weighted by atomic mass is 10.1. The number of amides is 1. The fourth-order valence-electron chi connectivity index (χ4n) is 2.60. The molecule has 1 aliphatic rings. The summed E-state index contributed by atoms with van der Waals surface area (Å²) in [5, 5.41) is 3.41. The summed E-state index contributed by atoms with van der Waals surface area (Å²) in [4.78, 5) is 12.2. The van der Waals surface area contributed by atoms with Gasteiger partial charge in [0, 0.05) is 17.0 Å². The Morgan fingerprint density at radius 3 is 2.77 bits per heavy atom. The topological polar surface area (TPSA) is 55.1 Å². The van der Waals surface area contributed by atoms with Crippen molar-refractivity contribution in [2.75, 3.05) is 0 Å². The van der Waals surface area contributed by atoms with Gasteiger partial charge >= 0.3 is 0 Å². The van der Waals surface area contributed by atoms with Gasteiger partial charge in [-0.25, -0.2) is 4.39 Å². The number of rotatable bonds is 4. The first kappa shape index (κ1) is 15.0. The zero-order valence-electron chi connectivity index (χ0n) is 11.8. The fourth-order valence-corrected chi connectivity index (χ4v) is 2.80. The van der Waals surface area contributed by atoms with Crippen molar-refractivity contribution in [3.8, 4) is 0 Å². The van der Waals surface area contributed by atoms with E-state index < -0.39 is 6.04 Å². The number of carbonyl (C=O) groups is 1. The van der Waals surface area contributed by atoms with Crippen molar-refractivity contribution in [3.63, 3.8) is 0 Å². The Kier molecular flexibility index (Phi) is 4.14. The molecule has 0 saturated heterocycles.